The predicted molar refractivity (Wildman–Crippen MR) is 92.7 cm³/mol. The van der Waals surface area contributed by atoms with Gasteiger partial charge in [-0.15, -0.1) is 0 Å². The summed E-state index contributed by atoms with van der Waals surface area (Å²) in [6.07, 6.45) is 4.98. The molecule has 0 fully saturated rings. The van der Waals surface area contributed by atoms with Crippen molar-refractivity contribution in [3.63, 3.8) is 0 Å². The Balaban J connectivity index is 1.66. The van der Waals surface area contributed by atoms with Crippen LogP contribution in [0, 0.1) is 0 Å². The summed E-state index contributed by atoms with van der Waals surface area (Å²) in [5, 5.41) is 7.48. The van der Waals surface area contributed by atoms with Crippen LogP contribution in [0.2, 0.25) is 5.02 Å². The first-order valence-corrected chi connectivity index (χ1v) is 7.97. The molecule has 0 bridgehead atoms. The molecule has 1 N–H and O–H groups in total. The highest BCUT2D eigenvalue weighted by Gasteiger charge is 2.07. The average molecular weight is 392 g/mol. The number of anilines is 1. The van der Waals surface area contributed by atoms with Gasteiger partial charge in [-0.3, -0.25) is 9.48 Å². The van der Waals surface area contributed by atoms with Gasteiger partial charge in [-0.25, -0.2) is 4.98 Å². The van der Waals surface area contributed by atoms with E-state index in [0.29, 0.717) is 22.9 Å². The zero-order valence-corrected chi connectivity index (χ0v) is 14.3. The van der Waals surface area contributed by atoms with E-state index in [0.717, 1.165) is 10.0 Å². The first kappa shape index (κ1) is 15.7. The molecule has 5 nitrogen and oxygen atoms in total. The highest BCUT2D eigenvalue weighted by atomic mass is 79.9. The third-order valence-electron chi connectivity index (χ3n) is 3.13. The monoisotopic (exact) mass is 390 g/mol. The lowest BCUT2D eigenvalue weighted by Crippen LogP contribution is -2.13. The highest BCUT2D eigenvalue weighted by molar-refractivity contribution is 9.10. The summed E-state index contributed by atoms with van der Waals surface area (Å²) in [4.78, 5) is 16.3. The second-order valence-corrected chi connectivity index (χ2v) is 6.22. The van der Waals surface area contributed by atoms with Gasteiger partial charge in [0.1, 0.15) is 5.82 Å². The largest absolute Gasteiger partial charge is 0.307 e. The Labute approximate surface area is 146 Å². The average Bonchev–Trinajstić information content (AvgIpc) is 2.95. The number of hydrogen-bond acceptors (Lipinski definition) is 3. The molecule has 0 unspecified atom stereocenters. The van der Waals surface area contributed by atoms with Crippen molar-refractivity contribution in [3.8, 4) is 0 Å². The normalized spacial score (nSPS) is 10.5. The number of carbonyl (C=O) groups is 1. The molecule has 3 rings (SSSR count). The molecular formula is C16H12BrClN4O. The minimum absolute atomic E-state index is 0.200. The van der Waals surface area contributed by atoms with Crippen LogP contribution in [-0.2, 0) is 6.54 Å². The quantitative estimate of drug-likeness (QED) is 0.731. The molecule has 2 aromatic heterocycles. The van der Waals surface area contributed by atoms with Gasteiger partial charge in [0, 0.05) is 22.4 Å². The van der Waals surface area contributed by atoms with E-state index in [1.54, 1.807) is 41.5 Å². The number of halogens is 2. The molecule has 1 aromatic carbocycles. The Kier molecular flexibility index (Phi) is 4.73. The minimum atomic E-state index is -0.200. The lowest BCUT2D eigenvalue weighted by atomic mass is 10.1. The molecule has 0 radical (unpaired) electrons. The number of pyridine rings is 1. The maximum Gasteiger partial charge on any atom is 0.256 e. The molecule has 2 heterocycles. The summed E-state index contributed by atoms with van der Waals surface area (Å²) in [5.74, 6) is 0.307. The van der Waals surface area contributed by atoms with Gasteiger partial charge in [0.15, 0.2) is 0 Å². The zero-order chi connectivity index (χ0) is 16.2. The van der Waals surface area contributed by atoms with Crippen molar-refractivity contribution in [1.82, 2.24) is 14.8 Å². The maximum absolute atomic E-state index is 12.2. The molecule has 23 heavy (non-hydrogen) atoms. The molecule has 7 heteroatoms. The topological polar surface area (TPSA) is 59.8 Å². The predicted octanol–water partition coefficient (Wildman–Crippen LogP) is 3.99. The highest BCUT2D eigenvalue weighted by Crippen LogP contribution is 2.13. The van der Waals surface area contributed by atoms with Crippen molar-refractivity contribution in [1.29, 1.82) is 0 Å². The minimum Gasteiger partial charge on any atom is -0.307 e. The molecule has 0 atom stereocenters. The van der Waals surface area contributed by atoms with Crippen LogP contribution in [0.3, 0.4) is 0 Å². The molecular weight excluding hydrogens is 380 g/mol. The number of aromatic nitrogens is 3. The summed E-state index contributed by atoms with van der Waals surface area (Å²) in [5.41, 5.74) is 1.60. The Morgan fingerprint density at radius 3 is 2.57 bits per heavy atom. The standard InChI is InChI=1S/C16H12BrClN4O/c17-13-5-6-15(19-7-13)21-16(23)12-3-1-11(2-4-12)9-22-10-14(18)8-20-22/h1-8,10H,9H2,(H,19,21,23). The summed E-state index contributed by atoms with van der Waals surface area (Å²) < 4.78 is 2.60. The summed E-state index contributed by atoms with van der Waals surface area (Å²) in [6, 6.07) is 10.9. The molecule has 0 aliphatic heterocycles. The van der Waals surface area contributed by atoms with Gasteiger partial charge in [0.25, 0.3) is 5.91 Å². The maximum atomic E-state index is 12.2. The van der Waals surface area contributed by atoms with Gasteiger partial charge in [0.05, 0.1) is 17.8 Å². The van der Waals surface area contributed by atoms with Gasteiger partial charge in [-0.05, 0) is 45.8 Å². The Morgan fingerprint density at radius 2 is 1.96 bits per heavy atom. The van der Waals surface area contributed by atoms with E-state index >= 15 is 0 Å². The van der Waals surface area contributed by atoms with Crippen LogP contribution in [0.25, 0.3) is 0 Å². The Morgan fingerprint density at radius 1 is 1.17 bits per heavy atom. The summed E-state index contributed by atoms with van der Waals surface area (Å²) >= 11 is 9.14. The van der Waals surface area contributed by atoms with E-state index in [1.807, 2.05) is 18.2 Å². The van der Waals surface area contributed by atoms with E-state index in [2.05, 4.69) is 31.3 Å². The third-order valence-corrected chi connectivity index (χ3v) is 3.80. The number of nitrogens with zero attached hydrogens (tertiary/aromatic N) is 3. The third kappa shape index (κ3) is 4.18. The SMILES string of the molecule is O=C(Nc1ccc(Br)cn1)c1ccc(Cn2cc(Cl)cn2)cc1. The van der Waals surface area contributed by atoms with Crippen molar-refractivity contribution < 1.29 is 4.79 Å². The lowest BCUT2D eigenvalue weighted by molar-refractivity contribution is 0.102. The zero-order valence-electron chi connectivity index (χ0n) is 11.9. The van der Waals surface area contributed by atoms with E-state index in [4.69, 9.17) is 11.6 Å². The van der Waals surface area contributed by atoms with Crippen LogP contribution in [0.4, 0.5) is 5.82 Å². The van der Waals surface area contributed by atoms with Crippen LogP contribution in [-0.4, -0.2) is 20.7 Å². The van der Waals surface area contributed by atoms with Gasteiger partial charge in [0.2, 0.25) is 0 Å². The molecule has 1 amide bonds. The second-order valence-electron chi connectivity index (χ2n) is 4.87. The molecule has 0 spiro atoms. The van der Waals surface area contributed by atoms with Crippen molar-refractivity contribution >= 4 is 39.3 Å². The second kappa shape index (κ2) is 6.93. The fourth-order valence-corrected chi connectivity index (χ4v) is 2.40. The van der Waals surface area contributed by atoms with Crippen molar-refractivity contribution in [2.45, 2.75) is 6.54 Å². The molecule has 3 aromatic rings. The van der Waals surface area contributed by atoms with E-state index < -0.39 is 0 Å². The molecule has 0 aliphatic carbocycles. The molecule has 0 saturated heterocycles. The van der Waals surface area contributed by atoms with Crippen molar-refractivity contribution in [2.75, 3.05) is 5.32 Å². The fraction of sp³-hybridized carbons (Fsp3) is 0.0625. The van der Waals surface area contributed by atoms with Crippen molar-refractivity contribution in [2.24, 2.45) is 0 Å². The van der Waals surface area contributed by atoms with E-state index in [1.165, 1.54) is 0 Å². The van der Waals surface area contributed by atoms with Gasteiger partial charge >= 0.3 is 0 Å². The van der Waals surface area contributed by atoms with Crippen LogP contribution >= 0.6 is 27.5 Å². The van der Waals surface area contributed by atoms with Crippen LogP contribution in [0.15, 0.2) is 59.5 Å². The van der Waals surface area contributed by atoms with Crippen LogP contribution in [0.5, 0.6) is 0 Å². The smallest absolute Gasteiger partial charge is 0.256 e. The van der Waals surface area contributed by atoms with E-state index in [-0.39, 0.29) is 5.91 Å². The number of carbonyl (C=O) groups excluding carboxylic acids is 1. The number of rotatable bonds is 4. The lowest BCUT2D eigenvalue weighted by Gasteiger charge is -2.06. The van der Waals surface area contributed by atoms with Crippen LogP contribution in [0.1, 0.15) is 15.9 Å². The molecule has 0 saturated carbocycles. The fourth-order valence-electron chi connectivity index (χ4n) is 2.01. The van der Waals surface area contributed by atoms with Gasteiger partial charge < -0.3 is 5.32 Å². The van der Waals surface area contributed by atoms with Crippen LogP contribution < -0.4 is 5.32 Å². The molecule has 116 valence electrons. The Bertz CT molecular complexity index is 815. The molecule has 0 aliphatic rings. The Hall–Kier alpha value is -2.18. The number of nitrogens with one attached hydrogen (secondary N) is 1. The van der Waals surface area contributed by atoms with E-state index in [9.17, 15) is 4.79 Å². The van der Waals surface area contributed by atoms with Gasteiger partial charge in [-0.1, -0.05) is 23.7 Å². The first-order valence-electron chi connectivity index (χ1n) is 6.80. The number of hydrogen-bond donors (Lipinski definition) is 1. The summed E-state index contributed by atoms with van der Waals surface area (Å²) in [7, 11) is 0. The number of benzene rings is 1. The van der Waals surface area contributed by atoms with Gasteiger partial charge in [-0.2, -0.15) is 5.10 Å². The summed E-state index contributed by atoms with van der Waals surface area (Å²) in [6.45, 7) is 0.600. The first-order chi connectivity index (χ1) is 11.1. The number of amides is 1. The van der Waals surface area contributed by atoms with Crippen molar-refractivity contribution in [3.05, 3.63) is 75.6 Å².